The molecule has 0 radical (unpaired) electrons. The molecule has 3 aromatic rings. The molecule has 0 aliphatic heterocycles. The van der Waals surface area contributed by atoms with Gasteiger partial charge in [0.05, 0.1) is 0 Å². The van der Waals surface area contributed by atoms with Crippen LogP contribution in [0.4, 0.5) is 5.69 Å². The molecule has 0 saturated carbocycles. The molecule has 3 rings (SSSR count). The van der Waals surface area contributed by atoms with Crippen LogP contribution >= 0.6 is 0 Å². The summed E-state index contributed by atoms with van der Waals surface area (Å²) in [6.07, 6.45) is 1.69. The third kappa shape index (κ3) is 2.32. The lowest BCUT2D eigenvalue weighted by Gasteiger charge is -1.95. The summed E-state index contributed by atoms with van der Waals surface area (Å²) in [7, 11) is 0. The van der Waals surface area contributed by atoms with Gasteiger partial charge in [-0.25, -0.2) is 4.98 Å². The fourth-order valence-corrected chi connectivity index (χ4v) is 1.56. The Hall–Kier alpha value is -2.36. The van der Waals surface area contributed by atoms with Crippen LogP contribution in [0.25, 0.3) is 22.7 Å². The van der Waals surface area contributed by atoms with Crippen molar-refractivity contribution in [1.29, 1.82) is 0 Å². The molecule has 0 atom stereocenters. The van der Waals surface area contributed by atoms with Gasteiger partial charge in [0, 0.05) is 17.4 Å². The van der Waals surface area contributed by atoms with E-state index in [9.17, 15) is 0 Å². The van der Waals surface area contributed by atoms with Crippen LogP contribution in [-0.4, -0.2) is 9.97 Å². The van der Waals surface area contributed by atoms with Crippen LogP contribution in [0.3, 0.4) is 0 Å². The molecule has 1 aromatic carbocycles. The lowest BCUT2D eigenvalue weighted by Crippen LogP contribution is -1.84. The Balaban J connectivity index is 0.000000574. The number of anilines is 1. The number of benzene rings is 1. The van der Waals surface area contributed by atoms with Gasteiger partial charge in [-0.1, -0.05) is 19.9 Å². The van der Waals surface area contributed by atoms with Crippen molar-refractivity contribution in [3.63, 3.8) is 0 Å². The standard InChI is InChI=1S/C12H9N3O.C2H6/c13-9-4-1-3-8(7-9)12-15-11-10(16-12)5-2-6-14-11;1-2/h1-7H,13H2;1-2H3. The average molecular weight is 241 g/mol. The minimum atomic E-state index is 0.543. The molecular formula is C14H15N3O. The number of nitrogens with two attached hydrogens (primary N) is 1. The van der Waals surface area contributed by atoms with E-state index in [1.165, 1.54) is 0 Å². The van der Waals surface area contributed by atoms with Crippen LogP contribution in [0.2, 0.25) is 0 Å². The van der Waals surface area contributed by atoms with Gasteiger partial charge in [0.25, 0.3) is 0 Å². The van der Waals surface area contributed by atoms with Crippen molar-refractivity contribution in [2.75, 3.05) is 5.73 Å². The maximum absolute atomic E-state index is 5.71. The highest BCUT2D eigenvalue weighted by atomic mass is 16.3. The van der Waals surface area contributed by atoms with E-state index in [1.807, 2.05) is 50.2 Å². The van der Waals surface area contributed by atoms with Gasteiger partial charge in [-0.15, -0.1) is 0 Å². The quantitative estimate of drug-likeness (QED) is 0.662. The molecule has 4 heteroatoms. The van der Waals surface area contributed by atoms with E-state index in [-0.39, 0.29) is 0 Å². The predicted octanol–water partition coefficient (Wildman–Crippen LogP) is 3.50. The van der Waals surface area contributed by atoms with Crippen molar-refractivity contribution < 1.29 is 4.42 Å². The summed E-state index contributed by atoms with van der Waals surface area (Å²) in [5.74, 6) is 0.543. The summed E-state index contributed by atoms with van der Waals surface area (Å²) in [6, 6.07) is 11.1. The fourth-order valence-electron chi connectivity index (χ4n) is 1.56. The van der Waals surface area contributed by atoms with Crippen molar-refractivity contribution in [3.8, 4) is 11.5 Å². The number of oxazole rings is 1. The van der Waals surface area contributed by atoms with E-state index in [4.69, 9.17) is 10.2 Å². The predicted molar refractivity (Wildman–Crippen MR) is 73.0 cm³/mol. The molecule has 0 spiro atoms. The molecule has 18 heavy (non-hydrogen) atoms. The van der Waals surface area contributed by atoms with Gasteiger partial charge in [0.2, 0.25) is 5.89 Å². The van der Waals surface area contributed by atoms with Gasteiger partial charge < -0.3 is 10.2 Å². The molecule has 92 valence electrons. The number of hydrogen-bond acceptors (Lipinski definition) is 4. The summed E-state index contributed by atoms with van der Waals surface area (Å²) in [5, 5.41) is 0. The van der Waals surface area contributed by atoms with Crippen molar-refractivity contribution in [3.05, 3.63) is 42.6 Å². The van der Waals surface area contributed by atoms with E-state index in [2.05, 4.69) is 9.97 Å². The Kier molecular flexibility index (Phi) is 3.57. The molecule has 2 N–H and O–H groups in total. The largest absolute Gasteiger partial charge is 0.434 e. The van der Waals surface area contributed by atoms with E-state index in [1.54, 1.807) is 6.20 Å². The van der Waals surface area contributed by atoms with Gasteiger partial charge in [-0.3, -0.25) is 0 Å². The molecule has 2 aromatic heterocycles. The lowest BCUT2D eigenvalue weighted by atomic mass is 10.2. The van der Waals surface area contributed by atoms with Crippen LogP contribution in [0, 0.1) is 0 Å². The SMILES string of the molecule is CC.Nc1cccc(-c2nc3ncccc3o2)c1. The summed E-state index contributed by atoms with van der Waals surface area (Å²) in [6.45, 7) is 4.00. The van der Waals surface area contributed by atoms with Crippen LogP contribution in [0.15, 0.2) is 47.0 Å². The first kappa shape index (κ1) is 12.1. The average Bonchev–Trinajstić information content (AvgIpc) is 2.85. The van der Waals surface area contributed by atoms with Crippen LogP contribution in [-0.2, 0) is 0 Å². The number of pyridine rings is 1. The molecule has 0 fully saturated rings. The van der Waals surface area contributed by atoms with Crippen molar-refractivity contribution in [1.82, 2.24) is 9.97 Å². The van der Waals surface area contributed by atoms with Crippen molar-refractivity contribution >= 4 is 16.9 Å². The van der Waals surface area contributed by atoms with Crippen LogP contribution in [0.1, 0.15) is 13.8 Å². The second kappa shape index (κ2) is 5.31. The third-order valence-electron chi connectivity index (χ3n) is 2.30. The lowest BCUT2D eigenvalue weighted by molar-refractivity contribution is 0.619. The maximum atomic E-state index is 5.71. The number of rotatable bonds is 1. The van der Waals surface area contributed by atoms with E-state index >= 15 is 0 Å². The first-order valence-electron chi connectivity index (χ1n) is 5.90. The van der Waals surface area contributed by atoms with E-state index < -0.39 is 0 Å². The van der Waals surface area contributed by atoms with Gasteiger partial charge in [0.15, 0.2) is 11.2 Å². The minimum Gasteiger partial charge on any atom is -0.434 e. The van der Waals surface area contributed by atoms with Crippen LogP contribution in [0.5, 0.6) is 0 Å². The van der Waals surface area contributed by atoms with Gasteiger partial charge >= 0.3 is 0 Å². The topological polar surface area (TPSA) is 64.9 Å². The zero-order chi connectivity index (χ0) is 13.0. The molecule has 0 aliphatic carbocycles. The van der Waals surface area contributed by atoms with Gasteiger partial charge in [0.1, 0.15) is 0 Å². The Bertz CT molecular complexity index is 613. The molecular weight excluding hydrogens is 226 g/mol. The normalized spacial score (nSPS) is 9.89. The summed E-state index contributed by atoms with van der Waals surface area (Å²) < 4.78 is 5.58. The van der Waals surface area contributed by atoms with E-state index in [0.29, 0.717) is 22.8 Å². The molecule has 4 nitrogen and oxygen atoms in total. The molecule has 2 heterocycles. The fraction of sp³-hybridized carbons (Fsp3) is 0.143. The molecule has 0 unspecified atom stereocenters. The highest BCUT2D eigenvalue weighted by molar-refractivity contribution is 5.72. The number of nitrogen functional groups attached to an aromatic ring is 1. The Labute approximate surface area is 105 Å². The Morgan fingerprint density at radius 3 is 2.67 bits per heavy atom. The number of aromatic nitrogens is 2. The van der Waals surface area contributed by atoms with Crippen LogP contribution < -0.4 is 5.73 Å². The number of nitrogens with zero attached hydrogens (tertiary/aromatic N) is 2. The smallest absolute Gasteiger partial charge is 0.228 e. The Morgan fingerprint density at radius 2 is 1.94 bits per heavy atom. The van der Waals surface area contributed by atoms with Gasteiger partial charge in [-0.2, -0.15) is 4.98 Å². The second-order valence-electron chi connectivity index (χ2n) is 3.47. The monoisotopic (exact) mass is 241 g/mol. The summed E-state index contributed by atoms with van der Waals surface area (Å²) in [4.78, 5) is 8.40. The number of hydrogen-bond donors (Lipinski definition) is 1. The maximum Gasteiger partial charge on any atom is 0.228 e. The highest BCUT2D eigenvalue weighted by Gasteiger charge is 2.08. The highest BCUT2D eigenvalue weighted by Crippen LogP contribution is 2.23. The Morgan fingerprint density at radius 1 is 1.11 bits per heavy atom. The molecule has 0 aliphatic rings. The van der Waals surface area contributed by atoms with Crippen molar-refractivity contribution in [2.45, 2.75) is 13.8 Å². The first-order valence-corrected chi connectivity index (χ1v) is 5.90. The number of fused-ring (bicyclic) bond motifs is 1. The first-order chi connectivity index (χ1) is 8.83. The minimum absolute atomic E-state index is 0.543. The zero-order valence-corrected chi connectivity index (χ0v) is 10.4. The van der Waals surface area contributed by atoms with E-state index in [0.717, 1.165) is 5.56 Å². The van der Waals surface area contributed by atoms with Gasteiger partial charge in [-0.05, 0) is 30.3 Å². The molecule has 0 amide bonds. The zero-order valence-electron chi connectivity index (χ0n) is 10.4. The molecule has 0 bridgehead atoms. The van der Waals surface area contributed by atoms with Crippen molar-refractivity contribution in [2.24, 2.45) is 0 Å². The summed E-state index contributed by atoms with van der Waals surface area (Å²) in [5.41, 5.74) is 8.54. The summed E-state index contributed by atoms with van der Waals surface area (Å²) >= 11 is 0. The second-order valence-corrected chi connectivity index (χ2v) is 3.47. The third-order valence-corrected chi connectivity index (χ3v) is 2.30. The molecule has 0 saturated heterocycles.